The van der Waals surface area contributed by atoms with E-state index in [4.69, 9.17) is 4.74 Å². The van der Waals surface area contributed by atoms with E-state index in [1.165, 1.54) is 12.1 Å². The number of ether oxygens (including phenoxy) is 1. The second-order valence-corrected chi connectivity index (χ2v) is 6.85. The Hall–Kier alpha value is -2.44. The summed E-state index contributed by atoms with van der Waals surface area (Å²) in [6.07, 6.45) is 3.01. The predicted octanol–water partition coefficient (Wildman–Crippen LogP) is 6.07. The number of esters is 1. The highest BCUT2D eigenvalue weighted by molar-refractivity contribution is 5.91. The first-order valence-corrected chi connectivity index (χ1v) is 8.44. The van der Waals surface area contributed by atoms with Gasteiger partial charge >= 0.3 is 5.97 Å². The molecule has 0 radical (unpaired) electrons. The van der Waals surface area contributed by atoms with Crippen LogP contribution in [0.25, 0.3) is 0 Å². The van der Waals surface area contributed by atoms with Crippen molar-refractivity contribution in [2.45, 2.75) is 45.4 Å². The van der Waals surface area contributed by atoms with Gasteiger partial charge in [-0.3, -0.25) is 0 Å². The van der Waals surface area contributed by atoms with Crippen molar-refractivity contribution in [1.29, 1.82) is 0 Å². The van der Waals surface area contributed by atoms with Crippen LogP contribution in [-0.4, -0.2) is 5.97 Å². The number of carbonyl (C=O) groups is 1. The van der Waals surface area contributed by atoms with Gasteiger partial charge in [-0.2, -0.15) is 0 Å². The number of unbranched alkanes of at least 4 members (excludes halogenated alkanes) is 1. The minimum absolute atomic E-state index is 0.0704. The molecule has 0 aliphatic rings. The molecule has 0 amide bonds. The average molecular weight is 386 g/mol. The quantitative estimate of drug-likeness (QED) is 0.198. The van der Waals surface area contributed by atoms with Gasteiger partial charge in [0.2, 0.25) is 5.82 Å². The maximum atomic E-state index is 13.7. The highest BCUT2D eigenvalue weighted by Crippen LogP contribution is 2.31. The summed E-state index contributed by atoms with van der Waals surface area (Å²) >= 11 is 0. The van der Waals surface area contributed by atoms with Crippen molar-refractivity contribution < 1.29 is 31.5 Å². The van der Waals surface area contributed by atoms with Crippen LogP contribution in [0.3, 0.4) is 0 Å². The van der Waals surface area contributed by atoms with Crippen LogP contribution in [0, 0.1) is 29.1 Å². The summed E-state index contributed by atoms with van der Waals surface area (Å²) in [4.78, 5) is 11.9. The van der Waals surface area contributed by atoms with Crippen LogP contribution in [0.2, 0.25) is 0 Å². The molecular formula is C20H19F5O2. The molecule has 0 spiro atoms. The van der Waals surface area contributed by atoms with E-state index in [1.807, 2.05) is 0 Å². The largest absolute Gasteiger partial charge is 0.423 e. The third-order valence-electron chi connectivity index (χ3n) is 4.42. The monoisotopic (exact) mass is 386 g/mol. The Morgan fingerprint density at radius 2 is 1.37 bits per heavy atom. The molecule has 27 heavy (non-hydrogen) atoms. The van der Waals surface area contributed by atoms with Crippen LogP contribution in [0.1, 0.15) is 56.0 Å². The fraction of sp³-hybridized carbons (Fsp3) is 0.350. The summed E-state index contributed by atoms with van der Waals surface area (Å²) in [7, 11) is 0. The van der Waals surface area contributed by atoms with E-state index in [0.29, 0.717) is 0 Å². The maximum Gasteiger partial charge on any atom is 0.349 e. The summed E-state index contributed by atoms with van der Waals surface area (Å²) in [5.74, 6) is -12.9. The van der Waals surface area contributed by atoms with Crippen molar-refractivity contribution in [3.63, 3.8) is 0 Å². The second-order valence-electron chi connectivity index (χ2n) is 6.85. The molecule has 2 aromatic carbocycles. The van der Waals surface area contributed by atoms with Crippen LogP contribution in [0.4, 0.5) is 22.0 Å². The molecule has 2 nitrogen and oxygen atoms in total. The summed E-state index contributed by atoms with van der Waals surface area (Å²) in [6.45, 7) is 6.19. The van der Waals surface area contributed by atoms with Crippen molar-refractivity contribution >= 4 is 5.97 Å². The fourth-order valence-corrected chi connectivity index (χ4v) is 2.68. The van der Waals surface area contributed by atoms with Gasteiger partial charge in [0.1, 0.15) is 11.3 Å². The first kappa shape index (κ1) is 20.9. The predicted molar refractivity (Wildman–Crippen MR) is 90.2 cm³/mol. The third-order valence-corrected chi connectivity index (χ3v) is 4.42. The van der Waals surface area contributed by atoms with E-state index in [-0.39, 0.29) is 11.2 Å². The molecule has 7 heteroatoms. The molecular weight excluding hydrogens is 367 g/mol. The van der Waals surface area contributed by atoms with Gasteiger partial charge in [-0.1, -0.05) is 45.7 Å². The van der Waals surface area contributed by atoms with Crippen molar-refractivity contribution in [3.05, 3.63) is 64.5 Å². The van der Waals surface area contributed by atoms with Gasteiger partial charge in [0.05, 0.1) is 0 Å². The summed E-state index contributed by atoms with van der Waals surface area (Å²) in [5.41, 5.74) is -0.786. The molecule has 0 atom stereocenters. The molecule has 0 N–H and O–H groups in total. The Kier molecular flexibility index (Phi) is 6.23. The molecule has 0 fully saturated rings. The lowest BCUT2D eigenvalue weighted by atomic mass is 9.80. The lowest BCUT2D eigenvalue weighted by Crippen LogP contribution is -2.18. The van der Waals surface area contributed by atoms with Crippen molar-refractivity contribution in [2.24, 2.45) is 0 Å². The van der Waals surface area contributed by atoms with Crippen molar-refractivity contribution in [1.82, 2.24) is 0 Å². The van der Waals surface area contributed by atoms with E-state index in [2.05, 4.69) is 20.8 Å². The lowest BCUT2D eigenvalue weighted by Gasteiger charge is -2.25. The third kappa shape index (κ3) is 4.28. The summed E-state index contributed by atoms with van der Waals surface area (Å²) in [6, 6.07) is 6.20. The number of benzene rings is 2. The van der Waals surface area contributed by atoms with Crippen LogP contribution >= 0.6 is 0 Å². The van der Waals surface area contributed by atoms with Gasteiger partial charge in [-0.15, -0.1) is 0 Å². The SMILES string of the molecule is CCCCC(C)(C)c1ccc(OC(=O)c2c(F)c(F)c(F)c(F)c2F)cc1. The Balaban J connectivity index is 2.25. The standard InChI is InChI=1S/C20H19F5O2/c1-4-5-10-20(2,3)11-6-8-12(9-7-11)27-19(26)13-14(21)16(23)18(25)17(24)15(13)22/h6-9H,4-5,10H2,1-3H3. The molecule has 0 heterocycles. The zero-order valence-electron chi connectivity index (χ0n) is 15.1. The van der Waals surface area contributed by atoms with Gasteiger partial charge < -0.3 is 4.74 Å². The Morgan fingerprint density at radius 3 is 1.85 bits per heavy atom. The number of hydrogen-bond acceptors (Lipinski definition) is 2. The minimum atomic E-state index is -2.33. The first-order chi connectivity index (χ1) is 12.6. The number of hydrogen-bond donors (Lipinski definition) is 0. The smallest absolute Gasteiger partial charge is 0.349 e. The highest BCUT2D eigenvalue weighted by atomic mass is 19.2. The number of halogens is 5. The topological polar surface area (TPSA) is 26.3 Å². The average Bonchev–Trinajstić information content (AvgIpc) is 2.63. The molecule has 0 aromatic heterocycles. The van der Waals surface area contributed by atoms with Crippen LogP contribution < -0.4 is 4.74 Å². The van der Waals surface area contributed by atoms with Gasteiger partial charge in [-0.25, -0.2) is 26.7 Å². The molecule has 0 aliphatic heterocycles. The Labute approximate surface area is 154 Å². The molecule has 0 saturated heterocycles. The van der Waals surface area contributed by atoms with Gasteiger partial charge in [0.15, 0.2) is 23.3 Å². The zero-order valence-corrected chi connectivity index (χ0v) is 15.1. The van der Waals surface area contributed by atoms with Crippen LogP contribution in [0.15, 0.2) is 24.3 Å². The summed E-state index contributed by atoms with van der Waals surface area (Å²) < 4.78 is 71.6. The lowest BCUT2D eigenvalue weighted by molar-refractivity contribution is 0.0721. The molecule has 2 aromatic rings. The normalized spacial score (nSPS) is 11.6. The van der Waals surface area contributed by atoms with Gasteiger partial charge in [-0.05, 0) is 29.5 Å². The van der Waals surface area contributed by atoms with E-state index in [0.717, 1.165) is 24.8 Å². The van der Waals surface area contributed by atoms with Crippen molar-refractivity contribution in [2.75, 3.05) is 0 Å². The molecule has 0 unspecified atom stereocenters. The second kappa shape index (κ2) is 8.06. The van der Waals surface area contributed by atoms with E-state index < -0.39 is 40.6 Å². The number of carbonyl (C=O) groups excluding carboxylic acids is 1. The van der Waals surface area contributed by atoms with Crippen LogP contribution in [0.5, 0.6) is 5.75 Å². The fourth-order valence-electron chi connectivity index (χ4n) is 2.68. The summed E-state index contributed by atoms with van der Waals surface area (Å²) in [5, 5.41) is 0. The maximum absolute atomic E-state index is 13.7. The first-order valence-electron chi connectivity index (χ1n) is 8.44. The molecule has 0 saturated carbocycles. The Morgan fingerprint density at radius 1 is 0.889 bits per heavy atom. The minimum Gasteiger partial charge on any atom is -0.423 e. The zero-order chi connectivity index (χ0) is 20.4. The van der Waals surface area contributed by atoms with E-state index in [1.54, 1.807) is 12.1 Å². The van der Waals surface area contributed by atoms with Crippen molar-refractivity contribution in [3.8, 4) is 5.75 Å². The molecule has 0 aliphatic carbocycles. The molecule has 0 bridgehead atoms. The molecule has 2 rings (SSSR count). The number of rotatable bonds is 6. The Bertz CT molecular complexity index is 815. The van der Waals surface area contributed by atoms with E-state index in [9.17, 15) is 26.7 Å². The van der Waals surface area contributed by atoms with E-state index >= 15 is 0 Å². The molecule has 146 valence electrons. The van der Waals surface area contributed by atoms with Gasteiger partial charge in [0, 0.05) is 0 Å². The highest BCUT2D eigenvalue weighted by Gasteiger charge is 2.31. The van der Waals surface area contributed by atoms with Gasteiger partial charge in [0.25, 0.3) is 0 Å². The van der Waals surface area contributed by atoms with Crippen LogP contribution in [-0.2, 0) is 5.41 Å².